The second-order valence-corrected chi connectivity index (χ2v) is 3.36. The summed E-state index contributed by atoms with van der Waals surface area (Å²) >= 11 is 0. The van der Waals surface area contributed by atoms with E-state index in [1.165, 1.54) is 12.1 Å². The third-order valence-electron chi connectivity index (χ3n) is 1.96. The molecule has 14 heavy (non-hydrogen) atoms. The third kappa shape index (κ3) is 2.05. The standard InChI is InChI=1S/C10H10F4/c1-6(2)7-4-3-5-8(9(7)11)10(12,13)14/h3-6H,1-2H3. The van der Waals surface area contributed by atoms with Crippen molar-refractivity contribution in [2.45, 2.75) is 25.9 Å². The first-order chi connectivity index (χ1) is 6.34. The van der Waals surface area contributed by atoms with Gasteiger partial charge in [0.25, 0.3) is 0 Å². The first-order valence-corrected chi connectivity index (χ1v) is 4.19. The highest BCUT2D eigenvalue weighted by Gasteiger charge is 2.34. The molecule has 0 aromatic heterocycles. The van der Waals surface area contributed by atoms with Crippen LogP contribution in [0, 0.1) is 5.82 Å². The van der Waals surface area contributed by atoms with Gasteiger partial charge in [-0.3, -0.25) is 0 Å². The quantitative estimate of drug-likeness (QED) is 0.610. The molecule has 0 saturated carbocycles. The highest BCUT2D eigenvalue weighted by molar-refractivity contribution is 5.29. The third-order valence-corrected chi connectivity index (χ3v) is 1.96. The zero-order valence-electron chi connectivity index (χ0n) is 7.82. The number of rotatable bonds is 1. The normalized spacial score (nSPS) is 12.2. The van der Waals surface area contributed by atoms with Crippen molar-refractivity contribution in [1.82, 2.24) is 0 Å². The molecule has 0 aliphatic rings. The number of benzene rings is 1. The summed E-state index contributed by atoms with van der Waals surface area (Å²) in [6.07, 6.45) is -4.62. The van der Waals surface area contributed by atoms with Crippen LogP contribution in [0.15, 0.2) is 18.2 Å². The molecule has 0 atom stereocenters. The largest absolute Gasteiger partial charge is 0.419 e. The Morgan fingerprint density at radius 3 is 2.14 bits per heavy atom. The molecule has 0 unspecified atom stereocenters. The second-order valence-electron chi connectivity index (χ2n) is 3.36. The van der Waals surface area contributed by atoms with Crippen molar-refractivity contribution in [1.29, 1.82) is 0 Å². The van der Waals surface area contributed by atoms with Crippen LogP contribution in [0.25, 0.3) is 0 Å². The van der Waals surface area contributed by atoms with Gasteiger partial charge in [-0.05, 0) is 17.5 Å². The van der Waals surface area contributed by atoms with Crippen LogP contribution < -0.4 is 0 Å². The lowest BCUT2D eigenvalue weighted by molar-refractivity contribution is -0.140. The second kappa shape index (κ2) is 3.59. The van der Waals surface area contributed by atoms with E-state index in [4.69, 9.17) is 0 Å². The van der Waals surface area contributed by atoms with Crippen molar-refractivity contribution in [2.24, 2.45) is 0 Å². The minimum absolute atomic E-state index is 0.0971. The van der Waals surface area contributed by atoms with E-state index < -0.39 is 17.6 Å². The minimum Gasteiger partial charge on any atom is -0.206 e. The smallest absolute Gasteiger partial charge is 0.206 e. The summed E-state index contributed by atoms with van der Waals surface area (Å²) in [5.41, 5.74) is -1.09. The van der Waals surface area contributed by atoms with Crippen molar-refractivity contribution in [3.8, 4) is 0 Å². The Labute approximate surface area is 79.6 Å². The molecule has 0 nitrogen and oxygen atoms in total. The molecule has 0 amide bonds. The van der Waals surface area contributed by atoms with E-state index in [0.717, 1.165) is 6.07 Å². The number of halogens is 4. The summed E-state index contributed by atoms with van der Waals surface area (Å²) in [5.74, 6) is -1.41. The van der Waals surface area contributed by atoms with Crippen molar-refractivity contribution in [2.75, 3.05) is 0 Å². The van der Waals surface area contributed by atoms with Crippen molar-refractivity contribution >= 4 is 0 Å². The predicted octanol–water partition coefficient (Wildman–Crippen LogP) is 3.97. The maximum absolute atomic E-state index is 13.3. The van der Waals surface area contributed by atoms with Crippen molar-refractivity contribution in [3.05, 3.63) is 35.1 Å². The summed E-state index contributed by atoms with van der Waals surface area (Å²) in [6, 6.07) is 3.34. The highest BCUT2D eigenvalue weighted by atomic mass is 19.4. The monoisotopic (exact) mass is 206 g/mol. The van der Waals surface area contributed by atoms with E-state index in [2.05, 4.69) is 0 Å². The average Bonchev–Trinajstić information content (AvgIpc) is 2.01. The van der Waals surface area contributed by atoms with Crippen molar-refractivity contribution in [3.63, 3.8) is 0 Å². The summed E-state index contributed by atoms with van der Waals surface area (Å²) < 4.78 is 50.1. The lowest BCUT2D eigenvalue weighted by Gasteiger charge is -2.12. The van der Waals surface area contributed by atoms with E-state index in [1.54, 1.807) is 13.8 Å². The van der Waals surface area contributed by atoms with Gasteiger partial charge in [-0.2, -0.15) is 13.2 Å². The lowest BCUT2D eigenvalue weighted by atomic mass is 10.00. The number of alkyl halides is 3. The topological polar surface area (TPSA) is 0 Å². The highest BCUT2D eigenvalue weighted by Crippen LogP contribution is 2.33. The van der Waals surface area contributed by atoms with Gasteiger partial charge in [0.05, 0.1) is 5.56 Å². The fraction of sp³-hybridized carbons (Fsp3) is 0.400. The number of hydrogen-bond acceptors (Lipinski definition) is 0. The fourth-order valence-corrected chi connectivity index (χ4v) is 1.21. The molecule has 1 rings (SSSR count). The minimum atomic E-state index is -4.62. The van der Waals surface area contributed by atoms with E-state index in [0.29, 0.717) is 0 Å². The number of hydrogen-bond donors (Lipinski definition) is 0. The molecule has 1 aromatic rings. The molecule has 0 aliphatic heterocycles. The van der Waals surface area contributed by atoms with Gasteiger partial charge in [-0.25, -0.2) is 4.39 Å². The Bertz CT molecular complexity index is 325. The van der Waals surface area contributed by atoms with Crippen LogP contribution in [-0.2, 0) is 6.18 Å². The van der Waals surface area contributed by atoms with Gasteiger partial charge in [-0.15, -0.1) is 0 Å². The summed E-state index contributed by atoms with van der Waals surface area (Å²) in [6.45, 7) is 3.30. The van der Waals surface area contributed by atoms with E-state index >= 15 is 0 Å². The SMILES string of the molecule is CC(C)c1cccc(C(F)(F)F)c1F. The molecule has 0 aliphatic carbocycles. The zero-order valence-corrected chi connectivity index (χ0v) is 7.82. The Balaban J connectivity index is 3.28. The molecule has 4 heteroatoms. The lowest BCUT2D eigenvalue weighted by Crippen LogP contribution is -2.10. The van der Waals surface area contributed by atoms with Gasteiger partial charge in [0, 0.05) is 0 Å². The van der Waals surface area contributed by atoms with Crippen LogP contribution in [0.1, 0.15) is 30.9 Å². The molecule has 0 N–H and O–H groups in total. The summed E-state index contributed by atoms with van der Waals surface area (Å²) in [7, 11) is 0. The molecule has 78 valence electrons. The fourth-order valence-electron chi connectivity index (χ4n) is 1.21. The van der Waals surface area contributed by atoms with Gasteiger partial charge in [0.1, 0.15) is 5.82 Å². The average molecular weight is 206 g/mol. The molecule has 0 heterocycles. The van der Waals surface area contributed by atoms with Crippen LogP contribution in [0.3, 0.4) is 0 Å². The van der Waals surface area contributed by atoms with Crippen LogP contribution >= 0.6 is 0 Å². The molecular formula is C10H10F4. The first-order valence-electron chi connectivity index (χ1n) is 4.19. The molecule has 1 aromatic carbocycles. The predicted molar refractivity (Wildman–Crippen MR) is 45.5 cm³/mol. The molecule has 0 fully saturated rings. The Morgan fingerprint density at radius 2 is 1.71 bits per heavy atom. The Hall–Kier alpha value is -1.06. The van der Waals surface area contributed by atoms with Crippen molar-refractivity contribution < 1.29 is 17.6 Å². The van der Waals surface area contributed by atoms with Crippen LogP contribution in [-0.4, -0.2) is 0 Å². The Kier molecular flexibility index (Phi) is 2.83. The van der Waals surface area contributed by atoms with Crippen LogP contribution in [0.5, 0.6) is 0 Å². The molecule has 0 bridgehead atoms. The molecule has 0 spiro atoms. The summed E-state index contributed by atoms with van der Waals surface area (Å²) in [4.78, 5) is 0. The molecule has 0 saturated heterocycles. The molecular weight excluding hydrogens is 196 g/mol. The van der Waals surface area contributed by atoms with Crippen LogP contribution in [0.2, 0.25) is 0 Å². The summed E-state index contributed by atoms with van der Waals surface area (Å²) in [5, 5.41) is 0. The zero-order chi connectivity index (χ0) is 10.9. The van der Waals surface area contributed by atoms with E-state index in [1.807, 2.05) is 0 Å². The maximum Gasteiger partial charge on any atom is 0.419 e. The molecule has 0 radical (unpaired) electrons. The van der Waals surface area contributed by atoms with Gasteiger partial charge in [0.2, 0.25) is 0 Å². The van der Waals surface area contributed by atoms with Gasteiger partial charge in [-0.1, -0.05) is 26.0 Å². The van der Waals surface area contributed by atoms with Gasteiger partial charge in [0.15, 0.2) is 0 Å². The maximum atomic E-state index is 13.3. The van der Waals surface area contributed by atoms with Crippen LogP contribution in [0.4, 0.5) is 17.6 Å². The van der Waals surface area contributed by atoms with Gasteiger partial charge >= 0.3 is 6.18 Å². The van der Waals surface area contributed by atoms with E-state index in [9.17, 15) is 17.6 Å². The van der Waals surface area contributed by atoms with E-state index in [-0.39, 0.29) is 11.5 Å². The Morgan fingerprint density at radius 1 is 1.14 bits per heavy atom. The first kappa shape index (κ1) is 11.0. The van der Waals surface area contributed by atoms with Gasteiger partial charge < -0.3 is 0 Å².